The van der Waals surface area contributed by atoms with Crippen molar-refractivity contribution in [3.05, 3.63) is 28.8 Å². The molecule has 1 aromatic rings. The molecule has 1 fully saturated rings. The van der Waals surface area contributed by atoms with Crippen molar-refractivity contribution >= 4 is 23.4 Å². The molecular weight excluding hydrogens is 306 g/mol. The number of nitriles is 1. The van der Waals surface area contributed by atoms with Gasteiger partial charge in [0, 0.05) is 5.02 Å². The highest BCUT2D eigenvalue weighted by atomic mass is 35.5. The quantitative estimate of drug-likeness (QED) is 0.835. The molecule has 22 heavy (non-hydrogen) atoms. The van der Waals surface area contributed by atoms with Crippen molar-refractivity contribution in [3.8, 4) is 11.8 Å². The van der Waals surface area contributed by atoms with Gasteiger partial charge in [0.1, 0.15) is 11.2 Å². The van der Waals surface area contributed by atoms with Crippen molar-refractivity contribution in [2.24, 2.45) is 5.41 Å². The average molecular weight is 322 g/mol. The van der Waals surface area contributed by atoms with Crippen LogP contribution in [0.25, 0.3) is 0 Å². The highest BCUT2D eigenvalue weighted by molar-refractivity contribution is 6.31. The number of nitrogens with zero attached hydrogens (tertiary/aromatic N) is 1. The standard InChI is InChI=1S/C15H16ClN3O3/c1-22-12-5-4-10(16)8-11(12)13(20)18-19-14(21)15(9-17)6-2-3-7-15/h4-5,8H,2-3,6-7H2,1H3,(H,18,20)(H,19,21). The molecule has 0 aliphatic heterocycles. The van der Waals surface area contributed by atoms with Gasteiger partial charge < -0.3 is 4.74 Å². The number of hydrogen-bond donors (Lipinski definition) is 2. The molecule has 116 valence electrons. The van der Waals surface area contributed by atoms with Crippen molar-refractivity contribution in [3.63, 3.8) is 0 Å². The van der Waals surface area contributed by atoms with Crippen LogP contribution in [0, 0.1) is 16.7 Å². The van der Waals surface area contributed by atoms with E-state index in [1.165, 1.54) is 13.2 Å². The third-order valence-electron chi connectivity index (χ3n) is 3.80. The van der Waals surface area contributed by atoms with E-state index in [2.05, 4.69) is 16.9 Å². The van der Waals surface area contributed by atoms with Gasteiger partial charge in [0.15, 0.2) is 0 Å². The Kier molecular flexibility index (Phi) is 4.88. The topological polar surface area (TPSA) is 91.2 Å². The molecule has 2 amide bonds. The second-order valence-electron chi connectivity index (χ2n) is 5.15. The normalized spacial score (nSPS) is 15.7. The van der Waals surface area contributed by atoms with E-state index >= 15 is 0 Å². The van der Waals surface area contributed by atoms with Gasteiger partial charge in [-0.05, 0) is 31.0 Å². The lowest BCUT2D eigenvalue weighted by molar-refractivity contribution is -0.128. The van der Waals surface area contributed by atoms with Crippen molar-refractivity contribution in [2.45, 2.75) is 25.7 Å². The number of rotatable bonds is 3. The fraction of sp³-hybridized carbons (Fsp3) is 0.400. The Morgan fingerprint density at radius 1 is 1.32 bits per heavy atom. The average Bonchev–Trinajstić information content (AvgIpc) is 3.02. The fourth-order valence-corrected chi connectivity index (χ4v) is 2.70. The first kappa shape index (κ1) is 16.1. The molecule has 0 atom stereocenters. The van der Waals surface area contributed by atoms with Crippen LogP contribution in [-0.2, 0) is 4.79 Å². The van der Waals surface area contributed by atoms with Crippen molar-refractivity contribution in [1.29, 1.82) is 5.26 Å². The van der Waals surface area contributed by atoms with Gasteiger partial charge in [0.25, 0.3) is 11.8 Å². The summed E-state index contributed by atoms with van der Waals surface area (Å²) in [5.41, 5.74) is 3.79. The number of carbonyl (C=O) groups excluding carboxylic acids is 2. The van der Waals surface area contributed by atoms with Gasteiger partial charge in [0.2, 0.25) is 0 Å². The Balaban J connectivity index is 2.06. The summed E-state index contributed by atoms with van der Waals surface area (Å²) >= 11 is 5.86. The van der Waals surface area contributed by atoms with Gasteiger partial charge >= 0.3 is 0 Å². The maximum atomic E-state index is 12.1. The largest absolute Gasteiger partial charge is 0.496 e. The summed E-state index contributed by atoms with van der Waals surface area (Å²) in [5, 5.41) is 9.60. The lowest BCUT2D eigenvalue weighted by Gasteiger charge is -2.19. The van der Waals surface area contributed by atoms with Crippen molar-refractivity contribution in [2.75, 3.05) is 7.11 Å². The Labute approximate surface area is 133 Å². The summed E-state index contributed by atoms with van der Waals surface area (Å²) in [6.07, 6.45) is 2.67. The number of hydrazine groups is 1. The molecule has 0 unspecified atom stereocenters. The van der Waals surface area contributed by atoms with Gasteiger partial charge in [-0.25, -0.2) is 0 Å². The van der Waals surface area contributed by atoms with Crippen LogP contribution in [-0.4, -0.2) is 18.9 Å². The van der Waals surface area contributed by atoms with Crippen molar-refractivity contribution in [1.82, 2.24) is 10.9 Å². The van der Waals surface area contributed by atoms with Crippen LogP contribution in [0.5, 0.6) is 5.75 Å². The van der Waals surface area contributed by atoms with Crippen LogP contribution in [0.15, 0.2) is 18.2 Å². The Bertz CT molecular complexity index is 633. The molecule has 6 nitrogen and oxygen atoms in total. The molecule has 0 spiro atoms. The highest BCUT2D eigenvalue weighted by Gasteiger charge is 2.41. The third kappa shape index (κ3) is 3.15. The number of nitrogens with one attached hydrogen (secondary N) is 2. The fourth-order valence-electron chi connectivity index (χ4n) is 2.53. The Morgan fingerprint density at radius 3 is 2.59 bits per heavy atom. The second-order valence-corrected chi connectivity index (χ2v) is 5.59. The summed E-state index contributed by atoms with van der Waals surface area (Å²) in [4.78, 5) is 24.3. The zero-order valence-corrected chi connectivity index (χ0v) is 12.9. The van der Waals surface area contributed by atoms with E-state index in [9.17, 15) is 14.9 Å². The SMILES string of the molecule is COc1ccc(Cl)cc1C(=O)NNC(=O)C1(C#N)CCCC1. The number of methoxy groups -OCH3 is 1. The predicted molar refractivity (Wildman–Crippen MR) is 80.1 cm³/mol. The summed E-state index contributed by atoms with van der Waals surface area (Å²) in [5.74, 6) is -0.701. The van der Waals surface area contributed by atoms with Crippen LogP contribution in [0.4, 0.5) is 0 Å². The molecule has 7 heteroatoms. The number of carbonyl (C=O) groups is 2. The first-order chi connectivity index (χ1) is 10.5. The first-order valence-electron chi connectivity index (χ1n) is 6.88. The molecule has 2 rings (SSSR count). The minimum atomic E-state index is -1.05. The van der Waals surface area contributed by atoms with Crippen LogP contribution >= 0.6 is 11.6 Å². The maximum Gasteiger partial charge on any atom is 0.273 e. The zero-order chi connectivity index (χ0) is 16.2. The predicted octanol–water partition coefficient (Wildman–Crippen LogP) is 2.19. The van der Waals surface area contributed by atoms with Crippen molar-refractivity contribution < 1.29 is 14.3 Å². The molecule has 0 bridgehead atoms. The molecule has 1 aliphatic carbocycles. The Morgan fingerprint density at radius 2 is 2.00 bits per heavy atom. The van der Waals surface area contributed by atoms with E-state index in [0.717, 1.165) is 12.8 Å². The summed E-state index contributed by atoms with van der Waals surface area (Å²) in [6.45, 7) is 0. The minimum absolute atomic E-state index is 0.202. The Hall–Kier alpha value is -2.26. The lowest BCUT2D eigenvalue weighted by Crippen LogP contribution is -2.48. The molecule has 1 aromatic carbocycles. The van der Waals surface area contributed by atoms with Crippen LogP contribution in [0.2, 0.25) is 5.02 Å². The lowest BCUT2D eigenvalue weighted by atomic mass is 9.87. The molecule has 0 saturated heterocycles. The number of amides is 2. The van der Waals surface area contributed by atoms with Crippen LogP contribution in [0.3, 0.4) is 0 Å². The smallest absolute Gasteiger partial charge is 0.273 e. The van der Waals surface area contributed by atoms with E-state index in [0.29, 0.717) is 23.6 Å². The van der Waals surface area contributed by atoms with Gasteiger partial charge in [-0.2, -0.15) is 5.26 Å². The van der Waals surface area contributed by atoms with Gasteiger partial charge in [-0.15, -0.1) is 0 Å². The van der Waals surface area contributed by atoms with E-state index in [-0.39, 0.29) is 5.56 Å². The molecule has 0 radical (unpaired) electrons. The third-order valence-corrected chi connectivity index (χ3v) is 4.04. The number of ether oxygens (including phenoxy) is 1. The number of halogens is 1. The summed E-state index contributed by atoms with van der Waals surface area (Å²) in [6, 6.07) is 6.66. The molecule has 1 aliphatic rings. The van der Waals surface area contributed by atoms with Gasteiger partial charge in [0.05, 0.1) is 18.7 Å². The van der Waals surface area contributed by atoms with Crippen LogP contribution in [0.1, 0.15) is 36.0 Å². The van der Waals surface area contributed by atoms with Gasteiger partial charge in [-0.3, -0.25) is 20.4 Å². The van der Waals surface area contributed by atoms with Crippen LogP contribution < -0.4 is 15.6 Å². The van der Waals surface area contributed by atoms with E-state index in [1.807, 2.05) is 0 Å². The first-order valence-corrected chi connectivity index (χ1v) is 7.26. The molecular formula is C15H16ClN3O3. The second kappa shape index (κ2) is 6.67. The van der Waals surface area contributed by atoms with Gasteiger partial charge in [-0.1, -0.05) is 24.4 Å². The van der Waals surface area contributed by atoms with E-state index in [4.69, 9.17) is 16.3 Å². The number of benzene rings is 1. The number of hydrogen-bond acceptors (Lipinski definition) is 4. The molecule has 0 heterocycles. The zero-order valence-electron chi connectivity index (χ0n) is 12.1. The van der Waals surface area contributed by atoms with E-state index in [1.54, 1.807) is 12.1 Å². The summed E-state index contributed by atoms with van der Waals surface area (Å²) in [7, 11) is 1.43. The summed E-state index contributed by atoms with van der Waals surface area (Å²) < 4.78 is 5.08. The minimum Gasteiger partial charge on any atom is -0.496 e. The van der Waals surface area contributed by atoms with E-state index < -0.39 is 17.2 Å². The molecule has 0 aromatic heterocycles. The maximum absolute atomic E-state index is 12.1. The highest BCUT2D eigenvalue weighted by Crippen LogP contribution is 2.37. The monoisotopic (exact) mass is 321 g/mol. The molecule has 1 saturated carbocycles. The molecule has 2 N–H and O–H groups in total.